The predicted molar refractivity (Wildman–Crippen MR) is 68.8 cm³/mol. The lowest BCUT2D eigenvalue weighted by molar-refractivity contribution is -0.00710. The summed E-state index contributed by atoms with van der Waals surface area (Å²) < 4.78 is 36.7. The molecule has 0 aromatic carbocycles. The number of hydrogen-bond acceptors (Lipinski definition) is 4. The van der Waals surface area contributed by atoms with Crippen LogP contribution >= 0.6 is 0 Å². The molecule has 0 amide bonds. The van der Waals surface area contributed by atoms with E-state index in [1.807, 2.05) is 0 Å². The molecule has 0 radical (unpaired) electrons. The molecule has 106 valence electrons. The Morgan fingerprint density at radius 2 is 2.16 bits per heavy atom. The summed E-state index contributed by atoms with van der Waals surface area (Å²) in [5.74, 6) is -2.62. The lowest BCUT2D eigenvalue weighted by atomic mass is 10.2. The molecule has 1 heterocycles. The fourth-order valence-corrected chi connectivity index (χ4v) is 1.32. The first-order valence-corrected chi connectivity index (χ1v) is 5.76. The highest BCUT2D eigenvalue weighted by Crippen LogP contribution is 2.25. The first-order valence-electron chi connectivity index (χ1n) is 5.76. The zero-order valence-electron chi connectivity index (χ0n) is 11.3. The van der Waals surface area contributed by atoms with E-state index >= 15 is 0 Å². The molecule has 0 saturated carbocycles. The van der Waals surface area contributed by atoms with Crippen LogP contribution in [0.4, 0.5) is 8.78 Å². The van der Waals surface area contributed by atoms with Crippen LogP contribution in [0.3, 0.4) is 0 Å². The minimum atomic E-state index is -3.07. The number of methoxy groups -OCH3 is 1. The van der Waals surface area contributed by atoms with Crippen LogP contribution < -0.4 is 14.8 Å². The number of rotatable bonds is 7. The van der Waals surface area contributed by atoms with Crippen LogP contribution in [0, 0.1) is 0 Å². The van der Waals surface area contributed by atoms with Crippen molar-refractivity contribution in [2.24, 2.45) is 0 Å². The third-order valence-electron chi connectivity index (χ3n) is 2.50. The monoisotopic (exact) mass is 272 g/mol. The normalized spacial score (nSPS) is 11.2. The Morgan fingerprint density at radius 1 is 1.47 bits per heavy atom. The molecule has 0 bridgehead atoms. The average Bonchev–Trinajstić information content (AvgIpc) is 2.37. The molecule has 0 saturated heterocycles. The van der Waals surface area contributed by atoms with Crippen molar-refractivity contribution in [1.29, 1.82) is 0 Å². The van der Waals surface area contributed by atoms with Crippen LogP contribution in [0.15, 0.2) is 24.3 Å². The second kappa shape index (κ2) is 6.47. The minimum Gasteiger partial charge on any atom is -0.481 e. The molecule has 1 aromatic rings. The number of halogens is 2. The van der Waals surface area contributed by atoms with Crippen molar-refractivity contribution in [3.05, 3.63) is 29.8 Å². The van der Waals surface area contributed by atoms with Gasteiger partial charge in [-0.05, 0) is 25.6 Å². The number of aromatic nitrogens is 1. The number of nitrogens with one attached hydrogen (secondary N) is 1. The van der Waals surface area contributed by atoms with Crippen molar-refractivity contribution in [2.45, 2.75) is 19.4 Å². The fourth-order valence-electron chi connectivity index (χ4n) is 1.32. The van der Waals surface area contributed by atoms with E-state index < -0.39 is 12.5 Å². The van der Waals surface area contributed by atoms with E-state index in [-0.39, 0.29) is 11.5 Å². The SMILES string of the molecule is C=C(C)C(F)(F)COc1ccc(CNC)c(OC)n1. The van der Waals surface area contributed by atoms with Gasteiger partial charge in [0.15, 0.2) is 6.61 Å². The van der Waals surface area contributed by atoms with Crippen molar-refractivity contribution < 1.29 is 18.3 Å². The van der Waals surface area contributed by atoms with Crippen LogP contribution in [-0.2, 0) is 6.54 Å². The van der Waals surface area contributed by atoms with Gasteiger partial charge in [0.1, 0.15) is 0 Å². The molecule has 6 heteroatoms. The van der Waals surface area contributed by atoms with E-state index in [2.05, 4.69) is 16.9 Å². The van der Waals surface area contributed by atoms with E-state index in [0.29, 0.717) is 12.4 Å². The van der Waals surface area contributed by atoms with Crippen molar-refractivity contribution in [2.75, 3.05) is 20.8 Å². The van der Waals surface area contributed by atoms with E-state index in [1.54, 1.807) is 13.1 Å². The third-order valence-corrected chi connectivity index (χ3v) is 2.50. The Kier molecular flexibility index (Phi) is 5.23. The largest absolute Gasteiger partial charge is 0.481 e. The molecule has 0 aliphatic rings. The molecule has 0 spiro atoms. The third kappa shape index (κ3) is 4.17. The van der Waals surface area contributed by atoms with Crippen LogP contribution in [0.25, 0.3) is 0 Å². The van der Waals surface area contributed by atoms with Crippen LogP contribution in [0.1, 0.15) is 12.5 Å². The maximum atomic E-state index is 13.3. The Morgan fingerprint density at radius 3 is 2.68 bits per heavy atom. The number of hydrogen-bond donors (Lipinski definition) is 1. The van der Waals surface area contributed by atoms with Crippen molar-refractivity contribution in [3.8, 4) is 11.8 Å². The smallest absolute Gasteiger partial charge is 0.302 e. The molecule has 1 rings (SSSR count). The van der Waals surface area contributed by atoms with Crippen LogP contribution in [0.5, 0.6) is 11.8 Å². The summed E-state index contributed by atoms with van der Waals surface area (Å²) in [6.07, 6.45) is 0. The topological polar surface area (TPSA) is 43.4 Å². The lowest BCUT2D eigenvalue weighted by Gasteiger charge is -2.17. The summed E-state index contributed by atoms with van der Waals surface area (Å²) in [6.45, 7) is 4.27. The first kappa shape index (κ1) is 15.4. The standard InChI is InChI=1S/C13H18F2N2O2/c1-9(2)13(14,15)8-19-11-6-5-10(7-16-3)12(17-11)18-4/h5-6,16H,1,7-8H2,2-4H3. The molecule has 0 aliphatic carbocycles. The molecule has 0 aliphatic heterocycles. The Balaban J connectivity index is 2.78. The summed E-state index contributed by atoms with van der Waals surface area (Å²) in [7, 11) is 3.25. The number of pyridine rings is 1. The molecular formula is C13H18F2N2O2. The lowest BCUT2D eigenvalue weighted by Crippen LogP contribution is -2.26. The van der Waals surface area contributed by atoms with E-state index in [9.17, 15) is 8.78 Å². The van der Waals surface area contributed by atoms with Gasteiger partial charge in [-0.2, -0.15) is 13.8 Å². The van der Waals surface area contributed by atoms with E-state index in [0.717, 1.165) is 5.56 Å². The number of alkyl halides is 2. The Bertz CT molecular complexity index is 450. The van der Waals surface area contributed by atoms with Crippen LogP contribution in [0.2, 0.25) is 0 Å². The summed E-state index contributed by atoms with van der Waals surface area (Å²) in [5, 5.41) is 2.96. The molecule has 4 nitrogen and oxygen atoms in total. The quantitative estimate of drug-likeness (QED) is 0.774. The Labute approximate surface area is 111 Å². The van der Waals surface area contributed by atoms with Gasteiger partial charge < -0.3 is 14.8 Å². The highest BCUT2D eigenvalue weighted by Gasteiger charge is 2.31. The van der Waals surface area contributed by atoms with Gasteiger partial charge in [-0.3, -0.25) is 0 Å². The first-order chi connectivity index (χ1) is 8.90. The molecule has 1 N–H and O–H groups in total. The highest BCUT2D eigenvalue weighted by molar-refractivity contribution is 5.30. The second-order valence-electron chi connectivity index (χ2n) is 4.12. The minimum absolute atomic E-state index is 0.0950. The van der Waals surface area contributed by atoms with Gasteiger partial charge >= 0.3 is 5.92 Å². The fraction of sp³-hybridized carbons (Fsp3) is 0.462. The van der Waals surface area contributed by atoms with Crippen molar-refractivity contribution >= 4 is 0 Å². The van der Waals surface area contributed by atoms with Gasteiger partial charge in [0, 0.05) is 18.2 Å². The average molecular weight is 272 g/mol. The molecule has 0 unspecified atom stereocenters. The van der Waals surface area contributed by atoms with Gasteiger partial charge in [-0.1, -0.05) is 6.58 Å². The molecule has 1 aromatic heterocycles. The van der Waals surface area contributed by atoms with Gasteiger partial charge in [0.05, 0.1) is 7.11 Å². The number of ether oxygens (including phenoxy) is 2. The maximum Gasteiger partial charge on any atom is 0.302 e. The summed E-state index contributed by atoms with van der Waals surface area (Å²) in [4.78, 5) is 4.02. The second-order valence-corrected chi connectivity index (χ2v) is 4.12. The van der Waals surface area contributed by atoms with Crippen LogP contribution in [-0.4, -0.2) is 31.7 Å². The van der Waals surface area contributed by atoms with Gasteiger partial charge in [-0.25, -0.2) is 0 Å². The summed E-state index contributed by atoms with van der Waals surface area (Å²) >= 11 is 0. The molecular weight excluding hydrogens is 254 g/mol. The molecule has 19 heavy (non-hydrogen) atoms. The number of nitrogens with zero attached hydrogens (tertiary/aromatic N) is 1. The van der Waals surface area contributed by atoms with Gasteiger partial charge in [0.25, 0.3) is 0 Å². The summed E-state index contributed by atoms with van der Waals surface area (Å²) in [5.41, 5.74) is 0.579. The van der Waals surface area contributed by atoms with E-state index in [1.165, 1.54) is 20.1 Å². The van der Waals surface area contributed by atoms with Gasteiger partial charge in [-0.15, -0.1) is 0 Å². The Hall–Kier alpha value is -1.69. The molecule has 0 atom stereocenters. The van der Waals surface area contributed by atoms with Crippen molar-refractivity contribution in [1.82, 2.24) is 10.3 Å². The maximum absolute atomic E-state index is 13.3. The van der Waals surface area contributed by atoms with E-state index in [4.69, 9.17) is 9.47 Å². The highest BCUT2D eigenvalue weighted by atomic mass is 19.3. The van der Waals surface area contributed by atoms with Crippen molar-refractivity contribution in [3.63, 3.8) is 0 Å². The predicted octanol–water partition coefficient (Wildman–Crippen LogP) is 2.40. The summed E-state index contributed by atoms with van der Waals surface area (Å²) in [6, 6.07) is 3.25. The van der Waals surface area contributed by atoms with Gasteiger partial charge in [0.2, 0.25) is 11.8 Å². The molecule has 0 fully saturated rings. The zero-order chi connectivity index (χ0) is 14.5. The zero-order valence-corrected chi connectivity index (χ0v) is 11.3.